The van der Waals surface area contributed by atoms with E-state index >= 15 is 0 Å². The molecule has 0 heterocycles. The van der Waals surface area contributed by atoms with Crippen LogP contribution in [0.15, 0.2) is 30.3 Å². The Morgan fingerprint density at radius 1 is 1.18 bits per heavy atom. The number of fused-ring (bicyclic) bond motifs is 2. The van der Waals surface area contributed by atoms with Crippen LogP contribution in [0.5, 0.6) is 0 Å². The van der Waals surface area contributed by atoms with Crippen molar-refractivity contribution in [2.24, 2.45) is 23.7 Å². The van der Waals surface area contributed by atoms with Gasteiger partial charge in [0.05, 0.1) is 17.9 Å². The molecule has 2 bridgehead atoms. The average molecular weight is 301 g/mol. The topological polar surface area (TPSA) is 66.4 Å². The van der Waals surface area contributed by atoms with E-state index in [0.717, 1.165) is 31.2 Å². The van der Waals surface area contributed by atoms with E-state index in [1.54, 1.807) is 0 Å². The minimum atomic E-state index is -0.805. The third-order valence-corrected chi connectivity index (χ3v) is 5.43. The summed E-state index contributed by atoms with van der Waals surface area (Å²) in [7, 11) is 0. The molecule has 22 heavy (non-hydrogen) atoms. The number of nitrogens with one attached hydrogen (secondary N) is 1. The summed E-state index contributed by atoms with van der Waals surface area (Å²) < 4.78 is 0. The van der Waals surface area contributed by atoms with Gasteiger partial charge >= 0.3 is 5.97 Å². The number of hydrogen-bond acceptors (Lipinski definition) is 2. The van der Waals surface area contributed by atoms with E-state index < -0.39 is 11.9 Å². The summed E-state index contributed by atoms with van der Waals surface area (Å²) >= 11 is 0. The summed E-state index contributed by atoms with van der Waals surface area (Å²) in [4.78, 5) is 24.3. The van der Waals surface area contributed by atoms with Gasteiger partial charge in [0.15, 0.2) is 0 Å². The van der Waals surface area contributed by atoms with Crippen molar-refractivity contribution >= 4 is 11.9 Å². The van der Waals surface area contributed by atoms with Gasteiger partial charge in [-0.25, -0.2) is 0 Å². The molecule has 118 valence electrons. The normalized spacial score (nSPS) is 31.0. The lowest BCUT2D eigenvalue weighted by molar-refractivity contribution is -0.149. The number of benzene rings is 1. The Morgan fingerprint density at radius 2 is 1.82 bits per heavy atom. The molecular weight excluding hydrogens is 278 g/mol. The molecule has 0 spiro atoms. The molecule has 1 aromatic carbocycles. The Morgan fingerprint density at radius 3 is 2.41 bits per heavy atom. The van der Waals surface area contributed by atoms with Crippen LogP contribution in [0, 0.1) is 23.7 Å². The summed E-state index contributed by atoms with van der Waals surface area (Å²) in [5, 5.41) is 12.6. The van der Waals surface area contributed by atoms with Gasteiger partial charge in [-0.05, 0) is 43.1 Å². The van der Waals surface area contributed by atoms with Crippen molar-refractivity contribution in [3.63, 3.8) is 0 Å². The van der Waals surface area contributed by atoms with Gasteiger partial charge in [0.25, 0.3) is 0 Å². The summed E-state index contributed by atoms with van der Waals surface area (Å²) in [6.45, 7) is 2.04. The molecule has 1 amide bonds. The summed E-state index contributed by atoms with van der Waals surface area (Å²) in [5.41, 5.74) is 1.08. The van der Waals surface area contributed by atoms with Crippen molar-refractivity contribution in [3.8, 4) is 0 Å². The van der Waals surface area contributed by atoms with E-state index in [1.165, 1.54) is 0 Å². The highest BCUT2D eigenvalue weighted by atomic mass is 16.4. The summed E-state index contributed by atoms with van der Waals surface area (Å²) in [6, 6.07) is 9.84. The zero-order valence-corrected chi connectivity index (χ0v) is 12.9. The average Bonchev–Trinajstić information content (AvgIpc) is 3.14. The lowest BCUT2D eigenvalue weighted by atomic mass is 9.78. The highest BCUT2D eigenvalue weighted by Crippen LogP contribution is 2.52. The third kappa shape index (κ3) is 2.62. The predicted molar refractivity (Wildman–Crippen MR) is 83.1 cm³/mol. The van der Waals surface area contributed by atoms with E-state index in [9.17, 15) is 14.7 Å². The van der Waals surface area contributed by atoms with E-state index in [4.69, 9.17) is 0 Å². The first kappa shape index (κ1) is 15.1. The van der Waals surface area contributed by atoms with Gasteiger partial charge in [-0.3, -0.25) is 9.59 Å². The fourth-order valence-corrected chi connectivity index (χ4v) is 4.40. The van der Waals surface area contributed by atoms with Crippen molar-refractivity contribution in [2.45, 2.75) is 38.6 Å². The predicted octanol–water partition coefficient (Wildman–Crippen LogP) is 3.00. The van der Waals surface area contributed by atoms with Gasteiger partial charge in [0.2, 0.25) is 5.91 Å². The zero-order valence-electron chi connectivity index (χ0n) is 12.9. The molecule has 0 unspecified atom stereocenters. The van der Waals surface area contributed by atoms with Gasteiger partial charge in [-0.1, -0.05) is 37.3 Å². The molecular formula is C18H23NO3. The molecule has 2 aliphatic carbocycles. The molecule has 2 aliphatic rings. The molecule has 2 N–H and O–H groups in total. The highest BCUT2D eigenvalue weighted by Gasteiger charge is 2.54. The molecule has 0 saturated heterocycles. The quantitative estimate of drug-likeness (QED) is 0.878. The van der Waals surface area contributed by atoms with Crippen LogP contribution in [0.25, 0.3) is 0 Å². The standard InChI is InChI=1S/C18H23NO3/c1-2-14(11-6-4-3-5-7-11)19-17(20)15-12-8-9-13(10-12)16(15)18(21)22/h3-7,12-16H,2,8-10H2,1H3,(H,19,20)(H,21,22)/t12-,13-,14-,15-,16-/m0/s1. The molecule has 0 radical (unpaired) electrons. The Labute approximate surface area is 130 Å². The third-order valence-electron chi connectivity index (χ3n) is 5.43. The van der Waals surface area contributed by atoms with Gasteiger partial charge in [0.1, 0.15) is 0 Å². The highest BCUT2D eigenvalue weighted by molar-refractivity contribution is 5.86. The number of amides is 1. The van der Waals surface area contributed by atoms with Gasteiger partial charge < -0.3 is 10.4 Å². The van der Waals surface area contributed by atoms with Crippen molar-refractivity contribution in [2.75, 3.05) is 0 Å². The molecule has 4 heteroatoms. The van der Waals surface area contributed by atoms with Crippen LogP contribution in [0.2, 0.25) is 0 Å². The molecule has 4 nitrogen and oxygen atoms in total. The minimum Gasteiger partial charge on any atom is -0.481 e. The van der Waals surface area contributed by atoms with Crippen LogP contribution in [0.3, 0.4) is 0 Å². The molecule has 2 saturated carbocycles. The van der Waals surface area contributed by atoms with Gasteiger partial charge in [0, 0.05) is 0 Å². The number of carbonyl (C=O) groups is 2. The second kappa shape index (κ2) is 6.11. The fraction of sp³-hybridized carbons (Fsp3) is 0.556. The van der Waals surface area contributed by atoms with Crippen LogP contribution in [0.4, 0.5) is 0 Å². The summed E-state index contributed by atoms with van der Waals surface area (Å²) in [6.07, 6.45) is 3.65. The van der Waals surface area contributed by atoms with Crippen LogP contribution in [0.1, 0.15) is 44.2 Å². The van der Waals surface area contributed by atoms with E-state index in [2.05, 4.69) is 5.32 Å². The smallest absolute Gasteiger partial charge is 0.307 e. The number of carboxylic acids is 1. The number of hydrogen-bond donors (Lipinski definition) is 2. The van der Waals surface area contributed by atoms with E-state index in [0.29, 0.717) is 0 Å². The maximum Gasteiger partial charge on any atom is 0.307 e. The number of rotatable bonds is 5. The van der Waals surface area contributed by atoms with E-state index in [1.807, 2.05) is 37.3 Å². The van der Waals surface area contributed by atoms with Crippen molar-refractivity contribution in [1.29, 1.82) is 0 Å². The number of aliphatic carboxylic acids is 1. The van der Waals surface area contributed by atoms with Gasteiger partial charge in [-0.2, -0.15) is 0 Å². The summed E-state index contributed by atoms with van der Waals surface area (Å²) in [5.74, 6) is -1.29. The maximum atomic E-state index is 12.7. The van der Waals surface area contributed by atoms with E-state index in [-0.39, 0.29) is 29.7 Å². The second-order valence-corrected chi connectivity index (χ2v) is 6.60. The van der Waals surface area contributed by atoms with Crippen LogP contribution in [-0.4, -0.2) is 17.0 Å². The number of carboxylic acid groups (broad SMARTS) is 1. The SMILES string of the molecule is CC[C@H](NC(=O)[C@H]1[C@H]2CC[C@@H](C2)[C@@H]1C(=O)O)c1ccccc1. The first-order valence-electron chi connectivity index (χ1n) is 8.20. The number of carbonyl (C=O) groups excluding carboxylic acids is 1. The molecule has 0 aliphatic heterocycles. The Kier molecular flexibility index (Phi) is 4.19. The van der Waals surface area contributed by atoms with Crippen molar-refractivity contribution in [1.82, 2.24) is 5.32 Å². The van der Waals surface area contributed by atoms with Crippen molar-refractivity contribution < 1.29 is 14.7 Å². The molecule has 3 rings (SSSR count). The zero-order chi connectivity index (χ0) is 15.7. The molecule has 5 atom stereocenters. The monoisotopic (exact) mass is 301 g/mol. The lowest BCUT2D eigenvalue weighted by Gasteiger charge is -2.29. The Balaban J connectivity index is 1.74. The first-order chi connectivity index (χ1) is 10.6. The fourth-order valence-electron chi connectivity index (χ4n) is 4.40. The lowest BCUT2D eigenvalue weighted by Crippen LogP contribution is -2.42. The first-order valence-corrected chi connectivity index (χ1v) is 8.20. The largest absolute Gasteiger partial charge is 0.481 e. The van der Waals surface area contributed by atoms with Gasteiger partial charge in [-0.15, -0.1) is 0 Å². The second-order valence-electron chi connectivity index (χ2n) is 6.60. The van der Waals surface area contributed by atoms with Crippen LogP contribution < -0.4 is 5.32 Å². The Bertz CT molecular complexity index is 557. The van der Waals surface area contributed by atoms with Crippen molar-refractivity contribution in [3.05, 3.63) is 35.9 Å². The van der Waals surface area contributed by atoms with Crippen LogP contribution >= 0.6 is 0 Å². The molecule has 2 fully saturated rings. The molecule has 1 aromatic rings. The maximum absolute atomic E-state index is 12.7. The van der Waals surface area contributed by atoms with Crippen LogP contribution in [-0.2, 0) is 9.59 Å². The minimum absolute atomic E-state index is 0.0396. The molecule has 0 aromatic heterocycles. The Hall–Kier alpha value is -1.84.